The summed E-state index contributed by atoms with van der Waals surface area (Å²) < 4.78 is 35.7. The van der Waals surface area contributed by atoms with Gasteiger partial charge in [-0.2, -0.15) is 0 Å². The molecule has 184 valence electrons. The number of benzene rings is 3. The van der Waals surface area contributed by atoms with Gasteiger partial charge in [-0.1, -0.05) is 12.1 Å². The second-order valence-electron chi connectivity index (χ2n) is 7.30. The van der Waals surface area contributed by atoms with Crippen LogP contribution in [-0.4, -0.2) is 32.3 Å². The fourth-order valence-electron chi connectivity index (χ4n) is 3.93. The van der Waals surface area contributed by atoms with Crippen molar-refractivity contribution < 1.29 is 32.3 Å². The standard InChI is InChI=1S/C20H10N3O6S2.H2O4S/c24-21(25)10-5-6-12-13(7-10)19(20-30-16-3-1-2-4-17(16)31-20)14-8-11(22(26)27)9-15(18(12)14)23(28)29;1-5(2,3)4/h1-9,19H;(H2,1,2,3,4)/q+1;/p-1. The van der Waals surface area contributed by atoms with Gasteiger partial charge < -0.3 is 4.55 Å². The van der Waals surface area contributed by atoms with Gasteiger partial charge in [-0.3, -0.25) is 34.9 Å². The number of nitrogens with zero attached hydrogens (tertiary/aromatic N) is 3. The highest BCUT2D eigenvalue weighted by molar-refractivity contribution is 7.79. The first-order valence-corrected chi connectivity index (χ1v) is 12.6. The lowest BCUT2D eigenvalue weighted by Crippen LogP contribution is -2.00. The van der Waals surface area contributed by atoms with E-state index in [4.69, 9.17) is 17.5 Å². The highest BCUT2D eigenvalue weighted by Crippen LogP contribution is 2.56. The SMILES string of the molecule is O=S(=O)([O-])O.O=[N+]([O-])c1ccc2c(c1)C(c1sc3ccccc3[s+]1)c1cc([N+](=O)[O-])cc([N+](=O)[O-])c1-2. The molecule has 13 nitrogen and oxygen atoms in total. The lowest BCUT2D eigenvalue weighted by Gasteiger charge is -2.06. The van der Waals surface area contributed by atoms with Crippen LogP contribution in [0.25, 0.3) is 20.5 Å². The van der Waals surface area contributed by atoms with Crippen molar-refractivity contribution in [2.75, 3.05) is 0 Å². The summed E-state index contributed by atoms with van der Waals surface area (Å²) in [6, 6.07) is 14.2. The molecule has 1 unspecified atom stereocenters. The predicted molar refractivity (Wildman–Crippen MR) is 129 cm³/mol. The number of nitro benzene ring substituents is 3. The van der Waals surface area contributed by atoms with E-state index < -0.39 is 31.1 Å². The van der Waals surface area contributed by atoms with Gasteiger partial charge in [0.1, 0.15) is 0 Å². The van der Waals surface area contributed by atoms with Crippen molar-refractivity contribution in [3.8, 4) is 11.1 Å². The Morgan fingerprint density at radius 1 is 0.861 bits per heavy atom. The van der Waals surface area contributed by atoms with E-state index in [1.54, 1.807) is 0 Å². The Morgan fingerprint density at radius 2 is 1.47 bits per heavy atom. The Morgan fingerprint density at radius 3 is 2.06 bits per heavy atom. The third kappa shape index (κ3) is 4.88. The van der Waals surface area contributed by atoms with Crippen LogP contribution in [0, 0.1) is 30.3 Å². The first-order valence-electron chi connectivity index (χ1n) is 9.60. The predicted octanol–water partition coefficient (Wildman–Crippen LogP) is 5.13. The van der Waals surface area contributed by atoms with E-state index in [2.05, 4.69) is 0 Å². The molecule has 36 heavy (non-hydrogen) atoms. The molecule has 16 heteroatoms. The van der Waals surface area contributed by atoms with Crippen molar-refractivity contribution >= 4 is 59.5 Å². The van der Waals surface area contributed by atoms with Crippen LogP contribution < -0.4 is 0 Å². The lowest BCUT2D eigenvalue weighted by molar-refractivity contribution is -0.393. The van der Waals surface area contributed by atoms with E-state index in [1.165, 1.54) is 46.9 Å². The third-order valence-corrected chi connectivity index (χ3v) is 7.84. The molecule has 0 aliphatic heterocycles. The molecule has 1 aliphatic carbocycles. The molecular formula is C20H11N3O10S3. The number of hydrogen-bond acceptors (Lipinski definition) is 10. The molecule has 0 fully saturated rings. The Labute approximate surface area is 208 Å². The number of non-ortho nitro benzene ring substituents is 2. The summed E-state index contributed by atoms with van der Waals surface area (Å²) in [6.45, 7) is 0. The van der Waals surface area contributed by atoms with Crippen LogP contribution in [0.2, 0.25) is 0 Å². The molecule has 1 aliphatic rings. The summed E-state index contributed by atoms with van der Waals surface area (Å²) >= 11 is 2.95. The van der Waals surface area contributed by atoms with Crippen LogP contribution in [0.4, 0.5) is 17.1 Å². The quantitative estimate of drug-likeness (QED) is 0.103. The molecule has 0 saturated heterocycles. The van der Waals surface area contributed by atoms with E-state index in [0.717, 1.165) is 19.7 Å². The minimum absolute atomic E-state index is 0.139. The molecule has 1 atom stereocenters. The van der Waals surface area contributed by atoms with E-state index in [1.807, 2.05) is 24.3 Å². The molecule has 5 rings (SSSR count). The van der Waals surface area contributed by atoms with Crippen molar-refractivity contribution in [1.29, 1.82) is 0 Å². The molecular weight excluding hydrogens is 538 g/mol. The minimum Gasteiger partial charge on any atom is -0.726 e. The molecule has 1 N–H and O–H groups in total. The first-order chi connectivity index (χ1) is 16.8. The molecule has 3 aromatic carbocycles. The van der Waals surface area contributed by atoms with Gasteiger partial charge in [0.25, 0.3) is 21.3 Å². The van der Waals surface area contributed by atoms with Crippen LogP contribution >= 0.6 is 22.7 Å². The van der Waals surface area contributed by atoms with Gasteiger partial charge in [0, 0.05) is 18.2 Å². The van der Waals surface area contributed by atoms with Crippen molar-refractivity contribution in [3.63, 3.8) is 0 Å². The van der Waals surface area contributed by atoms with Crippen molar-refractivity contribution in [2.45, 2.75) is 5.92 Å². The van der Waals surface area contributed by atoms with E-state index in [9.17, 15) is 30.3 Å². The Bertz CT molecular complexity index is 1640. The van der Waals surface area contributed by atoms with Crippen LogP contribution in [0.3, 0.4) is 0 Å². The first kappa shape index (κ1) is 25.1. The molecule has 4 aromatic rings. The van der Waals surface area contributed by atoms with Crippen molar-refractivity contribution in [1.82, 2.24) is 0 Å². The fraction of sp³-hybridized carbons (Fsp3) is 0.0500. The number of nitro groups is 3. The lowest BCUT2D eigenvalue weighted by atomic mass is 9.98. The van der Waals surface area contributed by atoms with Gasteiger partial charge in [0.15, 0.2) is 9.40 Å². The largest absolute Gasteiger partial charge is 0.726 e. The molecule has 0 spiro atoms. The Kier molecular flexibility index (Phi) is 6.46. The molecule has 1 heterocycles. The average molecular weight is 550 g/mol. The van der Waals surface area contributed by atoms with Gasteiger partial charge in [-0.25, -0.2) is 8.42 Å². The normalized spacial score (nSPS) is 13.9. The van der Waals surface area contributed by atoms with E-state index >= 15 is 0 Å². The zero-order valence-electron chi connectivity index (χ0n) is 17.5. The molecule has 1 aromatic heterocycles. The number of fused-ring (bicyclic) bond motifs is 4. The van der Waals surface area contributed by atoms with Crippen LogP contribution in [-0.2, 0) is 10.4 Å². The van der Waals surface area contributed by atoms with Crippen LogP contribution in [0.15, 0.2) is 54.6 Å². The summed E-state index contributed by atoms with van der Waals surface area (Å²) in [7, 11) is -4.92. The monoisotopic (exact) mass is 549 g/mol. The summed E-state index contributed by atoms with van der Waals surface area (Å²) in [5.74, 6) is -0.564. The van der Waals surface area contributed by atoms with Crippen LogP contribution in [0.1, 0.15) is 21.2 Å². The van der Waals surface area contributed by atoms with Gasteiger partial charge in [0.05, 0.1) is 55.0 Å². The van der Waals surface area contributed by atoms with Gasteiger partial charge in [0.2, 0.25) is 10.4 Å². The highest BCUT2D eigenvalue weighted by atomic mass is 32.3. The second kappa shape index (κ2) is 9.25. The van der Waals surface area contributed by atoms with Crippen LogP contribution in [0.5, 0.6) is 0 Å². The maximum absolute atomic E-state index is 11.8. The zero-order valence-corrected chi connectivity index (χ0v) is 19.9. The number of hydrogen-bond donors (Lipinski definition) is 1. The summed E-state index contributed by atoms with van der Waals surface area (Å²) in [5.41, 5.74) is 0.804. The Balaban J connectivity index is 0.000000556. The summed E-state index contributed by atoms with van der Waals surface area (Å²) in [4.78, 5) is 32.8. The third-order valence-electron chi connectivity index (χ3n) is 5.18. The molecule has 0 saturated carbocycles. The maximum Gasteiger partial charge on any atom is 0.284 e. The molecule has 0 radical (unpaired) electrons. The number of rotatable bonds is 4. The summed E-state index contributed by atoms with van der Waals surface area (Å²) in [6.07, 6.45) is 0. The average Bonchev–Trinajstić information content (AvgIpc) is 3.34. The minimum atomic E-state index is -4.92. The summed E-state index contributed by atoms with van der Waals surface area (Å²) in [5, 5.41) is 34.6. The van der Waals surface area contributed by atoms with E-state index in [-0.39, 0.29) is 22.6 Å². The smallest absolute Gasteiger partial charge is 0.284 e. The topological polar surface area (TPSA) is 207 Å². The maximum atomic E-state index is 11.8. The molecule has 0 amide bonds. The molecule has 0 bridgehead atoms. The van der Waals surface area contributed by atoms with Gasteiger partial charge in [-0.15, -0.1) is 0 Å². The van der Waals surface area contributed by atoms with E-state index in [0.29, 0.717) is 16.7 Å². The van der Waals surface area contributed by atoms with Gasteiger partial charge >= 0.3 is 0 Å². The Hall–Kier alpha value is -3.96. The van der Waals surface area contributed by atoms with Crippen molar-refractivity contribution in [2.24, 2.45) is 0 Å². The van der Waals surface area contributed by atoms with Gasteiger partial charge in [-0.05, 0) is 34.9 Å². The highest BCUT2D eigenvalue weighted by Gasteiger charge is 2.43. The second-order valence-corrected chi connectivity index (χ2v) is 10.6. The zero-order chi connectivity index (χ0) is 26.4. The fourth-order valence-corrected chi connectivity index (χ4v) is 6.69. The van der Waals surface area contributed by atoms with Crippen molar-refractivity contribution in [3.05, 3.63) is 100 Å².